The Bertz CT molecular complexity index is 2440. The SMILES string of the molecule is CC(=O)c1ccc(CCCC(=O)NCC(CCN(C)C)c2coc(-c3ccc(F)cc3)n2)s1.CC(=O)c1ccc(CCCC(=O)O)s1.CN(C)CCC(CN)c1coc(-c2ccc(F)cc2)n1. The molecule has 0 saturated carbocycles. The number of carbonyl (C=O) groups excluding carboxylic acids is 3. The molecule has 1 amide bonds. The molecule has 4 N–H and O–H groups in total. The summed E-state index contributed by atoms with van der Waals surface area (Å²) in [5.74, 6) is -0.0938. The molecule has 0 fully saturated rings. The van der Waals surface area contributed by atoms with Crippen molar-refractivity contribution in [3.63, 3.8) is 0 Å². The van der Waals surface area contributed by atoms with Gasteiger partial charge < -0.3 is 34.8 Å². The second-order valence-electron chi connectivity index (χ2n) is 16.5. The van der Waals surface area contributed by atoms with Crippen LogP contribution in [-0.2, 0) is 22.4 Å². The summed E-state index contributed by atoms with van der Waals surface area (Å²) in [7, 11) is 8.07. The second kappa shape index (κ2) is 27.8. The molecule has 360 valence electrons. The largest absolute Gasteiger partial charge is 0.481 e. The van der Waals surface area contributed by atoms with Crippen molar-refractivity contribution >= 4 is 46.1 Å². The van der Waals surface area contributed by atoms with Crippen molar-refractivity contribution in [2.75, 3.05) is 54.4 Å². The highest BCUT2D eigenvalue weighted by Crippen LogP contribution is 2.27. The first-order chi connectivity index (χ1) is 32.0. The number of carboxylic acids is 1. The van der Waals surface area contributed by atoms with Gasteiger partial charge in [-0.25, -0.2) is 18.7 Å². The number of aryl methyl sites for hydroxylation is 2. The van der Waals surface area contributed by atoms with Gasteiger partial charge in [0.1, 0.15) is 24.2 Å². The quantitative estimate of drug-likeness (QED) is 0.0518. The predicted octanol–water partition coefficient (Wildman–Crippen LogP) is 9.75. The molecular formula is C50H62F2N6O7S2. The number of benzene rings is 2. The van der Waals surface area contributed by atoms with Crippen molar-refractivity contribution in [1.82, 2.24) is 25.1 Å². The van der Waals surface area contributed by atoms with E-state index in [0.717, 1.165) is 81.7 Å². The maximum Gasteiger partial charge on any atom is 0.303 e. The Labute approximate surface area is 399 Å². The van der Waals surface area contributed by atoms with Crippen molar-refractivity contribution in [2.45, 2.75) is 77.0 Å². The lowest BCUT2D eigenvalue weighted by Gasteiger charge is -2.18. The van der Waals surface area contributed by atoms with Crippen molar-refractivity contribution < 1.29 is 41.9 Å². The average Bonchev–Trinajstić information content (AvgIpc) is 4.14. The number of carbonyl (C=O) groups is 4. The number of rotatable bonds is 23. The van der Waals surface area contributed by atoms with Gasteiger partial charge in [0, 0.05) is 58.6 Å². The number of halogens is 2. The van der Waals surface area contributed by atoms with E-state index in [4.69, 9.17) is 19.7 Å². The highest BCUT2D eigenvalue weighted by atomic mass is 32.1. The molecule has 0 aliphatic carbocycles. The number of aromatic nitrogens is 2. The van der Waals surface area contributed by atoms with Crippen LogP contribution in [0.1, 0.15) is 105 Å². The normalized spacial score (nSPS) is 11.9. The van der Waals surface area contributed by atoms with Gasteiger partial charge in [0.25, 0.3) is 0 Å². The van der Waals surface area contributed by atoms with Gasteiger partial charge in [-0.2, -0.15) is 0 Å². The molecule has 0 spiro atoms. The summed E-state index contributed by atoms with van der Waals surface area (Å²) in [6.45, 7) is 5.88. The summed E-state index contributed by atoms with van der Waals surface area (Å²) >= 11 is 2.94. The van der Waals surface area contributed by atoms with E-state index >= 15 is 0 Å². The first-order valence-electron chi connectivity index (χ1n) is 22.1. The Hall–Kier alpha value is -5.72. The van der Waals surface area contributed by atoms with Crippen LogP contribution in [0.3, 0.4) is 0 Å². The number of nitrogens with zero attached hydrogens (tertiary/aromatic N) is 4. The third-order valence-electron chi connectivity index (χ3n) is 10.4. The summed E-state index contributed by atoms with van der Waals surface area (Å²) in [4.78, 5) is 62.0. The Morgan fingerprint density at radius 2 is 1.10 bits per heavy atom. The summed E-state index contributed by atoms with van der Waals surface area (Å²) in [6, 6.07) is 19.6. The number of ketones is 2. The lowest BCUT2D eigenvalue weighted by Crippen LogP contribution is -2.30. The monoisotopic (exact) mass is 960 g/mol. The third-order valence-corrected chi connectivity index (χ3v) is 12.9. The Morgan fingerprint density at radius 3 is 1.51 bits per heavy atom. The van der Waals surface area contributed by atoms with E-state index in [0.29, 0.717) is 43.3 Å². The van der Waals surface area contributed by atoms with Crippen LogP contribution >= 0.6 is 22.7 Å². The fraction of sp³-hybridized carbons (Fsp3) is 0.400. The highest BCUT2D eigenvalue weighted by Gasteiger charge is 2.20. The molecule has 4 heterocycles. The van der Waals surface area contributed by atoms with Crippen LogP contribution in [0.25, 0.3) is 22.9 Å². The molecule has 0 saturated heterocycles. The van der Waals surface area contributed by atoms with Crippen LogP contribution in [-0.4, -0.2) is 103 Å². The van der Waals surface area contributed by atoms with Crippen molar-refractivity contribution in [2.24, 2.45) is 5.73 Å². The van der Waals surface area contributed by atoms with Crippen molar-refractivity contribution in [3.05, 3.63) is 128 Å². The lowest BCUT2D eigenvalue weighted by atomic mass is 10.0. The van der Waals surface area contributed by atoms with E-state index < -0.39 is 5.97 Å². The first kappa shape index (κ1) is 53.9. The maximum absolute atomic E-state index is 13.2. The predicted molar refractivity (Wildman–Crippen MR) is 260 cm³/mol. The number of aliphatic carboxylic acids is 1. The van der Waals surface area contributed by atoms with Gasteiger partial charge in [-0.05, 0) is 166 Å². The molecule has 4 aromatic heterocycles. The molecule has 13 nitrogen and oxygen atoms in total. The van der Waals surface area contributed by atoms with Crippen LogP contribution in [0, 0.1) is 11.6 Å². The zero-order valence-electron chi connectivity index (χ0n) is 39.1. The van der Waals surface area contributed by atoms with Gasteiger partial charge in [-0.15, -0.1) is 22.7 Å². The zero-order valence-corrected chi connectivity index (χ0v) is 40.7. The minimum Gasteiger partial charge on any atom is -0.481 e. The van der Waals surface area contributed by atoms with Crippen LogP contribution < -0.4 is 11.1 Å². The van der Waals surface area contributed by atoms with Gasteiger partial charge in [-0.3, -0.25) is 19.2 Å². The van der Waals surface area contributed by atoms with Gasteiger partial charge >= 0.3 is 5.97 Å². The Balaban J connectivity index is 0.000000244. The van der Waals surface area contributed by atoms with E-state index in [-0.39, 0.29) is 47.4 Å². The maximum atomic E-state index is 13.2. The first-order valence-corrected chi connectivity index (χ1v) is 23.7. The van der Waals surface area contributed by atoms with Gasteiger partial charge in [0.2, 0.25) is 17.7 Å². The number of nitrogens with one attached hydrogen (secondary N) is 1. The molecule has 0 bridgehead atoms. The summed E-state index contributed by atoms with van der Waals surface area (Å²) in [5, 5.41) is 11.5. The number of hydrogen-bond donors (Lipinski definition) is 3. The fourth-order valence-electron chi connectivity index (χ4n) is 6.53. The van der Waals surface area contributed by atoms with Gasteiger partial charge in [0.15, 0.2) is 11.6 Å². The zero-order chi connectivity index (χ0) is 48.9. The minimum atomic E-state index is -0.770. The number of nitrogens with two attached hydrogens (primary N) is 1. The molecule has 0 radical (unpaired) electrons. The summed E-state index contributed by atoms with van der Waals surface area (Å²) < 4.78 is 37.2. The molecule has 6 aromatic rings. The number of hydrogen-bond acceptors (Lipinski definition) is 13. The Morgan fingerprint density at radius 1 is 0.672 bits per heavy atom. The van der Waals surface area contributed by atoms with E-state index in [2.05, 4.69) is 25.1 Å². The molecule has 0 aliphatic rings. The molecule has 6 rings (SSSR count). The average molecular weight is 961 g/mol. The molecule has 2 aromatic carbocycles. The van der Waals surface area contributed by atoms with E-state index in [1.54, 1.807) is 49.8 Å². The molecular weight excluding hydrogens is 899 g/mol. The number of oxazole rings is 2. The standard InChI is InChI=1S/C25H30FN3O3S.C15H20FN3O.C10H12O3S/c1-17(30)23-12-11-21(33-23)5-4-6-24(31)27-15-19(13-14-29(2)3)22-16-32-25(28-22)18-7-9-20(26)10-8-18;1-19(2)8-7-12(9-17)14-10-20-15(18-14)11-3-5-13(16)6-4-11;1-7(11)9-6-5-8(14-9)3-2-4-10(12)13/h7-12,16,19H,4-6,13-15H2,1-3H3,(H,27,31);3-6,10,12H,7-9,17H2,1-2H3;5-6H,2-4H2,1H3,(H,12,13). The lowest BCUT2D eigenvalue weighted by molar-refractivity contribution is -0.137. The van der Waals surface area contributed by atoms with E-state index in [1.807, 2.05) is 46.4 Å². The molecule has 17 heteroatoms. The number of Topliss-reactive ketones (excluding diaryl/α,β-unsaturated/α-hetero) is 2. The highest BCUT2D eigenvalue weighted by molar-refractivity contribution is 7.14. The van der Waals surface area contributed by atoms with Crippen molar-refractivity contribution in [1.29, 1.82) is 0 Å². The minimum absolute atomic E-state index is 0.00421. The van der Waals surface area contributed by atoms with E-state index in [1.165, 1.54) is 53.9 Å². The van der Waals surface area contributed by atoms with Crippen molar-refractivity contribution in [3.8, 4) is 22.9 Å². The smallest absolute Gasteiger partial charge is 0.303 e. The molecule has 0 aliphatic heterocycles. The van der Waals surface area contributed by atoms with Crippen LogP contribution in [0.15, 0.2) is 94.2 Å². The van der Waals surface area contributed by atoms with E-state index in [9.17, 15) is 28.0 Å². The van der Waals surface area contributed by atoms with Crippen LogP contribution in [0.4, 0.5) is 8.78 Å². The molecule has 2 unspecified atom stereocenters. The number of carboxylic acid groups (broad SMARTS) is 1. The fourth-order valence-corrected chi connectivity index (χ4v) is 8.42. The number of thiophene rings is 2. The van der Waals surface area contributed by atoms with Crippen LogP contribution in [0.2, 0.25) is 0 Å². The van der Waals surface area contributed by atoms with Gasteiger partial charge in [-0.1, -0.05) is 0 Å². The topological polar surface area (TPSA) is 185 Å². The molecule has 2 atom stereocenters. The second-order valence-corrected chi connectivity index (χ2v) is 18.9. The number of amides is 1. The molecule has 67 heavy (non-hydrogen) atoms. The van der Waals surface area contributed by atoms with Gasteiger partial charge in [0.05, 0.1) is 21.1 Å². The summed E-state index contributed by atoms with van der Waals surface area (Å²) in [5.41, 5.74) is 8.91. The summed E-state index contributed by atoms with van der Waals surface area (Å²) in [6.07, 6.45) is 8.49. The van der Waals surface area contributed by atoms with Crippen LogP contribution in [0.5, 0.6) is 0 Å². The third kappa shape index (κ3) is 19.2. The Kier molecular flexibility index (Phi) is 22.4.